The van der Waals surface area contributed by atoms with Crippen molar-refractivity contribution < 1.29 is 4.74 Å². The summed E-state index contributed by atoms with van der Waals surface area (Å²) in [5.41, 5.74) is 3.01. The van der Waals surface area contributed by atoms with E-state index in [4.69, 9.17) is 4.74 Å². The van der Waals surface area contributed by atoms with E-state index in [2.05, 4.69) is 15.4 Å². The van der Waals surface area contributed by atoms with Crippen LogP contribution < -0.4 is 15.0 Å². The van der Waals surface area contributed by atoms with Crippen LogP contribution in [0.5, 0.6) is 5.88 Å². The Morgan fingerprint density at radius 3 is 2.68 bits per heavy atom. The molecule has 6 heteroatoms. The summed E-state index contributed by atoms with van der Waals surface area (Å²) in [6.07, 6.45) is 3.52. The van der Waals surface area contributed by atoms with Crippen molar-refractivity contribution in [1.29, 1.82) is 0 Å². The number of rotatable bonds is 5. The Balaban J connectivity index is 2.25. The number of nitrogens with one attached hydrogen (secondary N) is 1. The molecule has 0 aliphatic heterocycles. The number of aryl methyl sites for hydroxylation is 1. The van der Waals surface area contributed by atoms with Gasteiger partial charge in [0.15, 0.2) is 0 Å². The van der Waals surface area contributed by atoms with Crippen LogP contribution in [-0.4, -0.2) is 36.0 Å². The number of pyridine rings is 1. The Hall–Kier alpha value is -2.24. The Kier molecular flexibility index (Phi) is 3.89. The van der Waals surface area contributed by atoms with Gasteiger partial charge in [-0.3, -0.25) is 4.68 Å². The molecule has 0 unspecified atom stereocenters. The lowest BCUT2D eigenvalue weighted by molar-refractivity contribution is 0.399. The van der Waals surface area contributed by atoms with Crippen molar-refractivity contribution in [3.63, 3.8) is 0 Å². The summed E-state index contributed by atoms with van der Waals surface area (Å²) >= 11 is 0. The highest BCUT2D eigenvalue weighted by Gasteiger charge is 2.12. The number of hydrogen-bond donors (Lipinski definition) is 1. The number of aromatic nitrogens is 3. The van der Waals surface area contributed by atoms with E-state index in [0.29, 0.717) is 12.4 Å². The van der Waals surface area contributed by atoms with Crippen molar-refractivity contribution in [2.45, 2.75) is 6.54 Å². The minimum absolute atomic E-state index is 0.591. The van der Waals surface area contributed by atoms with Crippen LogP contribution >= 0.6 is 0 Å². The second kappa shape index (κ2) is 5.60. The maximum absolute atomic E-state index is 5.31. The molecule has 0 aliphatic carbocycles. The molecule has 2 aromatic heterocycles. The average molecular weight is 261 g/mol. The first kappa shape index (κ1) is 13.2. The Morgan fingerprint density at radius 2 is 2.11 bits per heavy atom. The third-order valence-electron chi connectivity index (χ3n) is 2.94. The van der Waals surface area contributed by atoms with Crippen molar-refractivity contribution in [3.05, 3.63) is 30.2 Å². The molecule has 0 amide bonds. The van der Waals surface area contributed by atoms with Crippen molar-refractivity contribution in [3.8, 4) is 5.88 Å². The summed E-state index contributed by atoms with van der Waals surface area (Å²) in [4.78, 5) is 6.25. The fourth-order valence-corrected chi connectivity index (χ4v) is 1.88. The van der Waals surface area contributed by atoms with Crippen LogP contribution in [0.3, 0.4) is 0 Å². The number of hydrogen-bond acceptors (Lipinski definition) is 5. The molecule has 0 aliphatic rings. The lowest BCUT2D eigenvalue weighted by Crippen LogP contribution is -2.14. The van der Waals surface area contributed by atoms with Crippen molar-refractivity contribution in [2.24, 2.45) is 7.05 Å². The van der Waals surface area contributed by atoms with E-state index in [1.54, 1.807) is 19.5 Å². The topological polar surface area (TPSA) is 55.2 Å². The van der Waals surface area contributed by atoms with Crippen molar-refractivity contribution in [1.82, 2.24) is 14.8 Å². The summed E-state index contributed by atoms with van der Waals surface area (Å²) in [5.74, 6) is 0.591. The molecule has 0 saturated heterocycles. The quantitative estimate of drug-likeness (QED) is 0.884. The van der Waals surface area contributed by atoms with Gasteiger partial charge in [0, 0.05) is 33.5 Å². The van der Waals surface area contributed by atoms with Gasteiger partial charge in [0.05, 0.1) is 25.0 Å². The predicted octanol–water partition coefficient (Wildman–Crippen LogP) is 1.50. The summed E-state index contributed by atoms with van der Waals surface area (Å²) in [7, 11) is 7.52. The zero-order valence-electron chi connectivity index (χ0n) is 11.7. The van der Waals surface area contributed by atoms with Crippen LogP contribution in [0.25, 0.3) is 0 Å². The van der Waals surface area contributed by atoms with Gasteiger partial charge in [0.1, 0.15) is 5.69 Å². The van der Waals surface area contributed by atoms with Crippen LogP contribution in [0.2, 0.25) is 0 Å². The Morgan fingerprint density at radius 1 is 1.32 bits per heavy atom. The SMILES string of the molecule is COc1nccc(N(C)C)c1NCc1ccnn1C. The van der Waals surface area contributed by atoms with E-state index in [9.17, 15) is 0 Å². The Bertz CT molecular complexity index is 550. The summed E-state index contributed by atoms with van der Waals surface area (Å²) in [5, 5.41) is 7.52. The zero-order chi connectivity index (χ0) is 13.8. The molecular formula is C13H19N5O. The molecule has 2 rings (SSSR count). The smallest absolute Gasteiger partial charge is 0.239 e. The molecule has 0 radical (unpaired) electrons. The standard InChI is InChI=1S/C13H19N5O/c1-17(2)11-6-7-14-13(19-4)12(11)15-9-10-5-8-16-18(10)3/h5-8,15H,9H2,1-4H3. The minimum Gasteiger partial charge on any atom is -0.479 e. The monoisotopic (exact) mass is 261 g/mol. The average Bonchev–Trinajstić information content (AvgIpc) is 2.81. The molecular weight excluding hydrogens is 242 g/mol. The van der Waals surface area contributed by atoms with Crippen LogP contribution in [0.4, 0.5) is 11.4 Å². The molecule has 19 heavy (non-hydrogen) atoms. The second-order valence-electron chi connectivity index (χ2n) is 4.41. The zero-order valence-corrected chi connectivity index (χ0v) is 11.7. The van der Waals surface area contributed by atoms with Gasteiger partial charge in [-0.2, -0.15) is 5.10 Å². The molecule has 1 N–H and O–H groups in total. The van der Waals surface area contributed by atoms with Crippen LogP contribution in [0.15, 0.2) is 24.5 Å². The molecule has 0 fully saturated rings. The van der Waals surface area contributed by atoms with Gasteiger partial charge >= 0.3 is 0 Å². The number of anilines is 2. The van der Waals surface area contributed by atoms with E-state index in [-0.39, 0.29) is 0 Å². The third kappa shape index (κ3) is 2.78. The predicted molar refractivity (Wildman–Crippen MR) is 75.7 cm³/mol. The van der Waals surface area contributed by atoms with Crippen LogP contribution in [0.1, 0.15) is 5.69 Å². The summed E-state index contributed by atoms with van der Waals surface area (Å²) in [6, 6.07) is 3.93. The van der Waals surface area contributed by atoms with E-state index in [1.165, 1.54) is 0 Å². The molecule has 0 atom stereocenters. The first-order valence-electron chi connectivity index (χ1n) is 6.04. The first-order valence-corrected chi connectivity index (χ1v) is 6.04. The molecule has 2 aromatic rings. The lowest BCUT2D eigenvalue weighted by atomic mass is 10.3. The highest BCUT2D eigenvalue weighted by Crippen LogP contribution is 2.32. The van der Waals surface area contributed by atoms with Crippen LogP contribution in [-0.2, 0) is 13.6 Å². The lowest BCUT2D eigenvalue weighted by Gasteiger charge is -2.20. The van der Waals surface area contributed by atoms with Crippen molar-refractivity contribution in [2.75, 3.05) is 31.4 Å². The van der Waals surface area contributed by atoms with Gasteiger partial charge in [-0.05, 0) is 12.1 Å². The molecule has 0 spiro atoms. The van der Waals surface area contributed by atoms with Gasteiger partial charge in [-0.25, -0.2) is 4.98 Å². The fourth-order valence-electron chi connectivity index (χ4n) is 1.88. The van der Waals surface area contributed by atoms with Crippen molar-refractivity contribution >= 4 is 11.4 Å². The van der Waals surface area contributed by atoms with Gasteiger partial charge in [0.2, 0.25) is 5.88 Å². The van der Waals surface area contributed by atoms with Gasteiger partial charge in [-0.15, -0.1) is 0 Å². The Labute approximate surface area is 113 Å². The van der Waals surface area contributed by atoms with E-state index < -0.39 is 0 Å². The number of methoxy groups -OCH3 is 1. The molecule has 0 aromatic carbocycles. The molecule has 2 heterocycles. The second-order valence-corrected chi connectivity index (χ2v) is 4.41. The molecule has 0 bridgehead atoms. The highest BCUT2D eigenvalue weighted by atomic mass is 16.5. The number of nitrogens with zero attached hydrogens (tertiary/aromatic N) is 4. The highest BCUT2D eigenvalue weighted by molar-refractivity contribution is 5.74. The maximum atomic E-state index is 5.31. The van der Waals surface area contributed by atoms with Gasteiger partial charge in [0.25, 0.3) is 0 Å². The van der Waals surface area contributed by atoms with E-state index in [1.807, 2.05) is 42.9 Å². The first-order chi connectivity index (χ1) is 9.13. The van der Waals surface area contributed by atoms with Gasteiger partial charge in [-0.1, -0.05) is 0 Å². The molecule has 102 valence electrons. The molecule has 0 saturated carbocycles. The van der Waals surface area contributed by atoms with Crippen LogP contribution in [0, 0.1) is 0 Å². The summed E-state index contributed by atoms with van der Waals surface area (Å²) in [6.45, 7) is 0.666. The molecule has 6 nitrogen and oxygen atoms in total. The maximum Gasteiger partial charge on any atom is 0.239 e. The minimum atomic E-state index is 0.591. The largest absolute Gasteiger partial charge is 0.479 e. The van der Waals surface area contributed by atoms with E-state index >= 15 is 0 Å². The summed E-state index contributed by atoms with van der Waals surface area (Å²) < 4.78 is 7.15. The fraction of sp³-hybridized carbons (Fsp3) is 0.385. The van der Waals surface area contributed by atoms with E-state index in [0.717, 1.165) is 17.1 Å². The normalized spacial score (nSPS) is 10.3. The third-order valence-corrected chi connectivity index (χ3v) is 2.94. The van der Waals surface area contributed by atoms with Gasteiger partial charge < -0.3 is 15.0 Å². The number of ether oxygens (including phenoxy) is 1.